The van der Waals surface area contributed by atoms with E-state index in [4.69, 9.17) is 51.8 Å². The van der Waals surface area contributed by atoms with Crippen molar-refractivity contribution in [3.8, 4) is 5.88 Å². The van der Waals surface area contributed by atoms with Crippen molar-refractivity contribution in [1.82, 2.24) is 14.5 Å². The molecule has 1 saturated heterocycles. The summed E-state index contributed by atoms with van der Waals surface area (Å²) in [5.74, 6) is 1.67. The summed E-state index contributed by atoms with van der Waals surface area (Å²) in [5.41, 5.74) is 5.97. The minimum absolute atomic E-state index is 0.175. The van der Waals surface area contributed by atoms with Crippen molar-refractivity contribution in [1.29, 1.82) is 0 Å². The van der Waals surface area contributed by atoms with Crippen LogP contribution in [-0.4, -0.2) is 40.3 Å². The predicted octanol–water partition coefficient (Wildman–Crippen LogP) is 8.07. The number of methoxy groups -OCH3 is 1. The fourth-order valence-corrected chi connectivity index (χ4v) is 6.42. The first kappa shape index (κ1) is 28.9. The van der Waals surface area contributed by atoms with Gasteiger partial charge in [-0.2, -0.15) is 0 Å². The monoisotopic (exact) mass is 631 g/mol. The topological polar surface area (TPSA) is 88.6 Å². The molecule has 2 aromatic carbocycles. The molecule has 44 heavy (non-hydrogen) atoms. The summed E-state index contributed by atoms with van der Waals surface area (Å²) in [6.07, 6.45) is 7.23. The third kappa shape index (κ3) is 5.82. The molecule has 2 atom stereocenters. The Labute approximate surface area is 264 Å². The van der Waals surface area contributed by atoms with Crippen LogP contribution >= 0.6 is 23.2 Å². The van der Waals surface area contributed by atoms with Gasteiger partial charge in [-0.3, -0.25) is 0 Å². The molecule has 2 aliphatic rings. The molecule has 0 radical (unpaired) electrons. The number of aromatic nitrogens is 3. The second kappa shape index (κ2) is 12.3. The van der Waals surface area contributed by atoms with Gasteiger partial charge in [0.1, 0.15) is 18.0 Å². The minimum Gasteiger partial charge on any atom is -0.473 e. The van der Waals surface area contributed by atoms with E-state index in [1.807, 2.05) is 42.5 Å². The Balaban J connectivity index is 1.05. The molecule has 8 nitrogen and oxygen atoms in total. The molecule has 0 spiro atoms. The number of benzene rings is 2. The summed E-state index contributed by atoms with van der Waals surface area (Å²) >= 11 is 12.4. The Morgan fingerprint density at radius 1 is 1.09 bits per heavy atom. The molecule has 5 aromatic rings. The largest absolute Gasteiger partial charge is 0.473 e. The highest BCUT2D eigenvalue weighted by atomic mass is 35.5. The van der Waals surface area contributed by atoms with Gasteiger partial charge in [0.25, 0.3) is 0 Å². The van der Waals surface area contributed by atoms with E-state index < -0.39 is 0 Å². The maximum atomic E-state index is 12.2. The van der Waals surface area contributed by atoms with Crippen molar-refractivity contribution in [3.05, 3.63) is 93.6 Å². The van der Waals surface area contributed by atoms with Crippen LogP contribution in [0.4, 0.5) is 0 Å². The van der Waals surface area contributed by atoms with Crippen molar-refractivity contribution < 1.29 is 23.4 Å². The van der Waals surface area contributed by atoms with Crippen LogP contribution in [0.3, 0.4) is 0 Å². The Hall–Kier alpha value is -3.85. The normalized spacial score (nSPS) is 18.3. The maximum absolute atomic E-state index is 12.2. The molecular formula is C34H31Cl2N3O5. The Bertz CT molecular complexity index is 1890. The number of esters is 1. The number of halogens is 2. The molecular weight excluding hydrogens is 601 g/mol. The van der Waals surface area contributed by atoms with E-state index in [1.54, 1.807) is 12.1 Å². The molecule has 1 unspecified atom stereocenters. The number of imidazole rings is 1. The van der Waals surface area contributed by atoms with E-state index in [0.29, 0.717) is 28.0 Å². The fourth-order valence-electron chi connectivity index (χ4n) is 6.03. The number of carbonyl (C=O) groups excluding carboxylic acids is 1. The van der Waals surface area contributed by atoms with Crippen LogP contribution in [0.25, 0.3) is 27.6 Å². The summed E-state index contributed by atoms with van der Waals surface area (Å²) in [6, 6.07) is 16.8. The van der Waals surface area contributed by atoms with Crippen LogP contribution in [-0.2, 0) is 29.0 Å². The molecule has 0 amide bonds. The highest BCUT2D eigenvalue weighted by Crippen LogP contribution is 2.34. The van der Waals surface area contributed by atoms with Gasteiger partial charge in [0, 0.05) is 36.1 Å². The van der Waals surface area contributed by atoms with Gasteiger partial charge in [-0.05, 0) is 79.1 Å². The molecule has 7 rings (SSSR count). The van der Waals surface area contributed by atoms with Gasteiger partial charge >= 0.3 is 5.97 Å². The molecule has 226 valence electrons. The number of allylic oxidation sites excluding steroid dienone is 2. The molecule has 1 aliphatic heterocycles. The summed E-state index contributed by atoms with van der Waals surface area (Å²) in [6.45, 7) is 1.80. The number of furan rings is 1. The Morgan fingerprint density at radius 2 is 1.98 bits per heavy atom. The lowest BCUT2D eigenvalue weighted by Gasteiger charge is -2.28. The summed E-state index contributed by atoms with van der Waals surface area (Å²) in [7, 11) is 1.40. The summed E-state index contributed by atoms with van der Waals surface area (Å²) in [5, 5.41) is 1.63. The second-order valence-corrected chi connectivity index (χ2v) is 12.1. The summed E-state index contributed by atoms with van der Waals surface area (Å²) < 4.78 is 24.7. The molecule has 1 aliphatic carbocycles. The number of nitrogens with zero attached hydrogens (tertiary/aromatic N) is 3. The zero-order chi connectivity index (χ0) is 30.2. The minimum atomic E-state index is -0.348. The van der Waals surface area contributed by atoms with Crippen molar-refractivity contribution in [2.45, 2.75) is 51.4 Å². The van der Waals surface area contributed by atoms with Crippen molar-refractivity contribution in [2.75, 3.05) is 13.7 Å². The lowest BCUT2D eigenvalue weighted by molar-refractivity contribution is -0.0590. The number of hydrogen-bond donors (Lipinski definition) is 0. The van der Waals surface area contributed by atoms with Crippen LogP contribution in [0.15, 0.2) is 65.1 Å². The smallest absolute Gasteiger partial charge is 0.337 e. The number of fused-ring (bicyclic) bond motifs is 2. The average molecular weight is 633 g/mol. The van der Waals surface area contributed by atoms with E-state index >= 15 is 0 Å². The lowest BCUT2D eigenvalue weighted by atomic mass is 9.86. The molecule has 3 aromatic heterocycles. The Morgan fingerprint density at radius 3 is 2.75 bits per heavy atom. The third-order valence-corrected chi connectivity index (χ3v) is 9.04. The number of ether oxygens (including phenoxy) is 3. The third-order valence-electron chi connectivity index (χ3n) is 8.53. The average Bonchev–Trinajstić information content (AvgIpc) is 3.58. The van der Waals surface area contributed by atoms with Crippen molar-refractivity contribution >= 4 is 56.7 Å². The van der Waals surface area contributed by atoms with E-state index in [9.17, 15) is 4.79 Å². The molecule has 0 N–H and O–H groups in total. The quantitative estimate of drug-likeness (QED) is 0.152. The van der Waals surface area contributed by atoms with Crippen molar-refractivity contribution in [2.24, 2.45) is 5.92 Å². The van der Waals surface area contributed by atoms with Crippen LogP contribution in [0, 0.1) is 5.92 Å². The van der Waals surface area contributed by atoms with Gasteiger partial charge in [-0.1, -0.05) is 29.8 Å². The molecule has 10 heteroatoms. The standard InChI is InChI=1S/C34H31Cl2N3O5/c1-41-34(40)22-10-12-28-29(16-22)39(18-24-13-14-42-24)31(37-28)15-20-5-7-21(8-6-20)27-3-2-4-32(38-27)43-19-23-9-11-26(35)25-17-30(36)44-33(23)25/h2-4,7,9-12,16-17,20,24H,5-6,8,13-15,18-19H2,1H3/t20?,24-/m0/s1. The van der Waals surface area contributed by atoms with Gasteiger partial charge in [-0.15, -0.1) is 0 Å². The van der Waals surface area contributed by atoms with Crippen LogP contribution in [0.2, 0.25) is 10.2 Å². The SMILES string of the molecule is COC(=O)c1ccc2nc(CC3CC=C(c4cccc(OCc5ccc(Cl)c6cc(Cl)oc56)n4)CC3)n(C[C@@H]3CCO3)c2c1. The van der Waals surface area contributed by atoms with Crippen LogP contribution in [0.5, 0.6) is 5.88 Å². The highest BCUT2D eigenvalue weighted by Gasteiger charge is 2.25. The second-order valence-electron chi connectivity index (χ2n) is 11.3. The zero-order valence-electron chi connectivity index (χ0n) is 24.2. The van der Waals surface area contributed by atoms with E-state index in [0.717, 1.165) is 78.8 Å². The Kier molecular flexibility index (Phi) is 8.06. The van der Waals surface area contributed by atoms with Gasteiger partial charge in [0.15, 0.2) is 5.22 Å². The summed E-state index contributed by atoms with van der Waals surface area (Å²) in [4.78, 5) is 22.0. The molecule has 0 saturated carbocycles. The number of hydrogen-bond acceptors (Lipinski definition) is 7. The van der Waals surface area contributed by atoms with Gasteiger partial charge < -0.3 is 23.2 Å². The highest BCUT2D eigenvalue weighted by molar-refractivity contribution is 6.36. The number of rotatable bonds is 9. The van der Waals surface area contributed by atoms with Crippen molar-refractivity contribution in [3.63, 3.8) is 0 Å². The zero-order valence-corrected chi connectivity index (χ0v) is 25.7. The fraction of sp³-hybridized carbons (Fsp3) is 0.324. The number of pyridine rings is 1. The van der Waals surface area contributed by atoms with Crippen LogP contribution < -0.4 is 4.74 Å². The van der Waals surface area contributed by atoms with Gasteiger partial charge in [0.05, 0.1) is 47.1 Å². The lowest BCUT2D eigenvalue weighted by Crippen LogP contribution is -2.32. The molecule has 4 heterocycles. The predicted molar refractivity (Wildman–Crippen MR) is 169 cm³/mol. The van der Waals surface area contributed by atoms with E-state index in [2.05, 4.69) is 10.6 Å². The molecule has 1 fully saturated rings. The first-order valence-electron chi connectivity index (χ1n) is 14.8. The van der Waals surface area contributed by atoms with E-state index in [1.165, 1.54) is 12.7 Å². The maximum Gasteiger partial charge on any atom is 0.337 e. The van der Waals surface area contributed by atoms with Gasteiger partial charge in [0.2, 0.25) is 5.88 Å². The van der Waals surface area contributed by atoms with E-state index in [-0.39, 0.29) is 23.9 Å². The number of carbonyl (C=O) groups is 1. The van der Waals surface area contributed by atoms with Crippen LogP contribution in [0.1, 0.15) is 53.1 Å². The first-order chi connectivity index (χ1) is 21.4. The van der Waals surface area contributed by atoms with Gasteiger partial charge in [-0.25, -0.2) is 14.8 Å². The first-order valence-corrected chi connectivity index (χ1v) is 15.6. The molecule has 0 bridgehead atoms.